The Morgan fingerprint density at radius 3 is 2.73 bits per heavy atom. The van der Waals surface area contributed by atoms with Crippen LogP contribution in [0, 0.1) is 13.8 Å². The summed E-state index contributed by atoms with van der Waals surface area (Å²) in [5, 5.41) is 2.79. The molecule has 0 bridgehead atoms. The van der Waals surface area contributed by atoms with Crippen molar-refractivity contribution in [2.45, 2.75) is 32.8 Å². The monoisotopic (exact) mass is 321 g/mol. The van der Waals surface area contributed by atoms with Crippen molar-refractivity contribution in [1.82, 2.24) is 5.32 Å². The van der Waals surface area contributed by atoms with Crippen molar-refractivity contribution in [3.05, 3.63) is 53.0 Å². The van der Waals surface area contributed by atoms with E-state index in [0.717, 1.165) is 11.3 Å². The number of carbonyl (C=O) groups is 1. The maximum Gasteiger partial charge on any atom is 0.287 e. The van der Waals surface area contributed by atoms with Crippen molar-refractivity contribution in [2.75, 3.05) is 6.54 Å². The first kappa shape index (κ1) is 16.4. The van der Waals surface area contributed by atoms with Gasteiger partial charge in [-0.05, 0) is 44.5 Å². The molecule has 1 heterocycles. The molecule has 5 heteroatoms. The molecule has 0 saturated heterocycles. The molecule has 1 N–H and O–H groups in total. The average molecular weight is 322 g/mol. The molecule has 0 spiro atoms. The van der Waals surface area contributed by atoms with E-state index in [1.54, 1.807) is 12.1 Å². The summed E-state index contributed by atoms with van der Waals surface area (Å²) in [5.41, 5.74) is 2.27. The van der Waals surface area contributed by atoms with Gasteiger partial charge in [-0.15, -0.1) is 11.6 Å². The van der Waals surface area contributed by atoms with Gasteiger partial charge in [-0.25, -0.2) is 0 Å². The van der Waals surface area contributed by atoms with Gasteiger partial charge in [0.2, 0.25) is 0 Å². The summed E-state index contributed by atoms with van der Waals surface area (Å²) in [4.78, 5) is 11.9. The molecule has 4 nitrogen and oxygen atoms in total. The second kappa shape index (κ2) is 7.36. The fourth-order valence-corrected chi connectivity index (χ4v) is 2.23. The van der Waals surface area contributed by atoms with Crippen molar-refractivity contribution in [2.24, 2.45) is 0 Å². The number of aryl methyl sites for hydroxylation is 2. The van der Waals surface area contributed by atoms with E-state index in [2.05, 4.69) is 11.4 Å². The highest BCUT2D eigenvalue weighted by molar-refractivity contribution is 6.16. The third-order valence-corrected chi connectivity index (χ3v) is 3.49. The lowest BCUT2D eigenvalue weighted by molar-refractivity contribution is 0.0903. The molecular formula is C17H20ClNO3. The zero-order chi connectivity index (χ0) is 16.1. The molecule has 2 rings (SSSR count). The van der Waals surface area contributed by atoms with Gasteiger partial charge in [0.05, 0.1) is 12.4 Å². The lowest BCUT2D eigenvalue weighted by atomic mass is 10.1. The van der Waals surface area contributed by atoms with Gasteiger partial charge in [0.15, 0.2) is 5.76 Å². The predicted octanol–water partition coefficient (Wildman–Crippen LogP) is 3.83. The molecule has 1 unspecified atom stereocenters. The highest BCUT2D eigenvalue weighted by Gasteiger charge is 2.13. The Bertz CT molecular complexity index is 651. The number of hydrogen-bond donors (Lipinski definition) is 1. The first-order chi connectivity index (χ1) is 10.5. The molecule has 1 atom stereocenters. The van der Waals surface area contributed by atoms with Crippen LogP contribution in [0.15, 0.2) is 34.7 Å². The van der Waals surface area contributed by atoms with Crippen LogP contribution >= 0.6 is 11.6 Å². The van der Waals surface area contributed by atoms with Crippen LogP contribution in [0.4, 0.5) is 0 Å². The van der Waals surface area contributed by atoms with Gasteiger partial charge < -0.3 is 14.5 Å². The summed E-state index contributed by atoms with van der Waals surface area (Å²) >= 11 is 5.64. The van der Waals surface area contributed by atoms with Crippen LogP contribution < -0.4 is 10.1 Å². The number of halogens is 1. The van der Waals surface area contributed by atoms with Crippen LogP contribution in [0.25, 0.3) is 0 Å². The highest BCUT2D eigenvalue weighted by Crippen LogP contribution is 2.20. The van der Waals surface area contributed by atoms with Crippen molar-refractivity contribution < 1.29 is 13.9 Å². The number of nitrogens with one attached hydrogen (secondary N) is 1. The van der Waals surface area contributed by atoms with Gasteiger partial charge in [0, 0.05) is 0 Å². The minimum absolute atomic E-state index is 0.146. The van der Waals surface area contributed by atoms with Crippen molar-refractivity contribution >= 4 is 17.5 Å². The van der Waals surface area contributed by atoms with Crippen LogP contribution in [-0.4, -0.2) is 18.6 Å². The van der Waals surface area contributed by atoms with E-state index < -0.39 is 0 Å². The highest BCUT2D eigenvalue weighted by atomic mass is 35.5. The van der Waals surface area contributed by atoms with Crippen LogP contribution in [-0.2, 0) is 5.88 Å². The maximum absolute atomic E-state index is 11.9. The first-order valence-electron chi connectivity index (χ1n) is 7.16. The second-order valence-corrected chi connectivity index (χ2v) is 5.57. The number of ether oxygens (including phenoxy) is 1. The quantitative estimate of drug-likeness (QED) is 0.823. The fraction of sp³-hybridized carbons (Fsp3) is 0.353. The predicted molar refractivity (Wildman–Crippen MR) is 86.6 cm³/mol. The Kier molecular flexibility index (Phi) is 5.50. The summed E-state index contributed by atoms with van der Waals surface area (Å²) in [6.07, 6.45) is -0.146. The largest absolute Gasteiger partial charge is 0.489 e. The van der Waals surface area contributed by atoms with Gasteiger partial charge in [-0.3, -0.25) is 4.79 Å². The molecule has 1 aromatic heterocycles. The number of amides is 1. The van der Waals surface area contributed by atoms with Crippen LogP contribution in [0.1, 0.15) is 34.4 Å². The van der Waals surface area contributed by atoms with Crippen molar-refractivity contribution in [3.63, 3.8) is 0 Å². The molecule has 22 heavy (non-hydrogen) atoms. The molecule has 0 radical (unpaired) electrons. The Morgan fingerprint density at radius 1 is 1.32 bits per heavy atom. The Labute approximate surface area is 135 Å². The standard InChI is InChI=1S/C17H20ClNO3/c1-11-4-6-15(12(2)8-11)21-13(3)10-19-17(20)16-7-5-14(9-18)22-16/h4-8,13H,9-10H2,1-3H3,(H,19,20). The number of alkyl halides is 1. The van der Waals surface area contributed by atoms with E-state index in [9.17, 15) is 4.79 Å². The SMILES string of the molecule is Cc1ccc(OC(C)CNC(=O)c2ccc(CCl)o2)c(C)c1. The zero-order valence-electron chi connectivity index (χ0n) is 13.0. The average Bonchev–Trinajstić information content (AvgIpc) is 2.97. The summed E-state index contributed by atoms with van der Waals surface area (Å²) in [6.45, 7) is 6.35. The van der Waals surface area contributed by atoms with Crippen LogP contribution in [0.5, 0.6) is 5.75 Å². The lowest BCUT2D eigenvalue weighted by Gasteiger charge is -2.17. The normalized spacial score (nSPS) is 12.0. The smallest absolute Gasteiger partial charge is 0.287 e. The topological polar surface area (TPSA) is 51.5 Å². The maximum atomic E-state index is 11.9. The summed E-state index contributed by atoms with van der Waals surface area (Å²) < 4.78 is 11.1. The Balaban J connectivity index is 1.86. The molecule has 0 fully saturated rings. The summed E-state index contributed by atoms with van der Waals surface area (Å²) in [7, 11) is 0. The molecule has 118 valence electrons. The van der Waals surface area contributed by atoms with Gasteiger partial charge in [-0.2, -0.15) is 0 Å². The molecule has 0 aliphatic carbocycles. The van der Waals surface area contributed by atoms with E-state index >= 15 is 0 Å². The van der Waals surface area contributed by atoms with Gasteiger partial charge >= 0.3 is 0 Å². The van der Waals surface area contributed by atoms with E-state index in [0.29, 0.717) is 12.3 Å². The molecule has 1 amide bonds. The minimum Gasteiger partial charge on any atom is -0.489 e. The molecule has 0 saturated carbocycles. The number of hydrogen-bond acceptors (Lipinski definition) is 3. The van der Waals surface area contributed by atoms with E-state index in [-0.39, 0.29) is 23.7 Å². The van der Waals surface area contributed by atoms with E-state index in [1.165, 1.54) is 5.56 Å². The third kappa shape index (κ3) is 4.28. The second-order valence-electron chi connectivity index (χ2n) is 5.31. The van der Waals surface area contributed by atoms with Gasteiger partial charge in [0.1, 0.15) is 17.6 Å². The number of rotatable bonds is 6. The number of benzene rings is 1. The van der Waals surface area contributed by atoms with Crippen LogP contribution in [0.2, 0.25) is 0 Å². The van der Waals surface area contributed by atoms with Gasteiger partial charge in [0.25, 0.3) is 5.91 Å². The first-order valence-corrected chi connectivity index (χ1v) is 7.70. The molecular weight excluding hydrogens is 302 g/mol. The van der Waals surface area contributed by atoms with Crippen molar-refractivity contribution in [1.29, 1.82) is 0 Å². The van der Waals surface area contributed by atoms with Crippen LogP contribution in [0.3, 0.4) is 0 Å². The molecule has 0 aliphatic rings. The number of carbonyl (C=O) groups excluding carboxylic acids is 1. The van der Waals surface area contributed by atoms with Gasteiger partial charge in [-0.1, -0.05) is 17.7 Å². The van der Waals surface area contributed by atoms with E-state index in [1.807, 2.05) is 32.9 Å². The lowest BCUT2D eigenvalue weighted by Crippen LogP contribution is -2.33. The molecule has 0 aliphatic heterocycles. The summed E-state index contributed by atoms with van der Waals surface area (Å²) in [5.74, 6) is 1.64. The zero-order valence-corrected chi connectivity index (χ0v) is 13.7. The molecule has 1 aromatic carbocycles. The van der Waals surface area contributed by atoms with Crippen molar-refractivity contribution in [3.8, 4) is 5.75 Å². The Hall–Kier alpha value is -1.94. The number of furan rings is 1. The molecule has 2 aromatic rings. The summed E-state index contributed by atoms with van der Waals surface area (Å²) in [6, 6.07) is 9.32. The third-order valence-electron chi connectivity index (χ3n) is 3.23. The Morgan fingerprint density at radius 2 is 2.09 bits per heavy atom. The minimum atomic E-state index is -0.271. The van der Waals surface area contributed by atoms with E-state index in [4.69, 9.17) is 20.8 Å². The fourth-order valence-electron chi connectivity index (χ4n) is 2.09.